The molecule has 5 heteroatoms. The fraction of sp³-hybridized carbons (Fsp3) is 0.333. The van der Waals surface area contributed by atoms with Crippen molar-refractivity contribution in [2.75, 3.05) is 37.6 Å². The maximum absolute atomic E-state index is 13.0. The van der Waals surface area contributed by atoms with Crippen LogP contribution in [0.4, 0.5) is 5.69 Å². The van der Waals surface area contributed by atoms with Crippen LogP contribution in [0.25, 0.3) is 0 Å². The summed E-state index contributed by atoms with van der Waals surface area (Å²) in [6.45, 7) is 5.36. The molecule has 0 aliphatic carbocycles. The van der Waals surface area contributed by atoms with Gasteiger partial charge in [0.2, 0.25) is 11.8 Å². The lowest BCUT2D eigenvalue weighted by molar-refractivity contribution is -0.130. The molecule has 0 radical (unpaired) electrons. The summed E-state index contributed by atoms with van der Waals surface area (Å²) in [4.78, 5) is 30.3. The molecule has 2 aromatic rings. The number of hydrogen-bond acceptors (Lipinski definition) is 3. The third-order valence-corrected chi connectivity index (χ3v) is 4.73. The minimum atomic E-state index is 0.0799. The number of carbonyl (C=O) groups is 2. The summed E-state index contributed by atoms with van der Waals surface area (Å²) in [6.07, 6.45) is 0. The van der Waals surface area contributed by atoms with Gasteiger partial charge in [-0.3, -0.25) is 14.5 Å². The molecule has 0 saturated carbocycles. The van der Waals surface area contributed by atoms with E-state index < -0.39 is 0 Å². The Balaban J connectivity index is 1.68. The third-order valence-electron chi connectivity index (χ3n) is 4.73. The highest BCUT2D eigenvalue weighted by atomic mass is 16.2. The highest BCUT2D eigenvalue weighted by Gasteiger charge is 2.23. The minimum Gasteiger partial charge on any atom is -0.340 e. The molecule has 0 unspecified atom stereocenters. The SMILES string of the molecule is CC(=O)N1CCN(CC(=O)N(Cc2ccccc2)c2ccccc2)CC1. The molecule has 0 aromatic heterocycles. The Labute approximate surface area is 154 Å². The van der Waals surface area contributed by atoms with Crippen LogP contribution >= 0.6 is 0 Å². The first kappa shape index (κ1) is 18.1. The van der Waals surface area contributed by atoms with Gasteiger partial charge in [0.15, 0.2) is 0 Å². The van der Waals surface area contributed by atoms with Gasteiger partial charge in [-0.05, 0) is 17.7 Å². The molecule has 3 rings (SSSR count). The number of amides is 2. The maximum Gasteiger partial charge on any atom is 0.241 e. The predicted molar refractivity (Wildman–Crippen MR) is 103 cm³/mol. The van der Waals surface area contributed by atoms with Crippen molar-refractivity contribution in [3.05, 3.63) is 66.2 Å². The zero-order valence-corrected chi connectivity index (χ0v) is 15.2. The maximum atomic E-state index is 13.0. The lowest BCUT2D eigenvalue weighted by Gasteiger charge is -2.35. The zero-order valence-electron chi connectivity index (χ0n) is 15.2. The number of piperazine rings is 1. The van der Waals surface area contributed by atoms with Crippen LogP contribution in [0.15, 0.2) is 60.7 Å². The first-order chi connectivity index (χ1) is 12.6. The van der Waals surface area contributed by atoms with E-state index in [0.29, 0.717) is 26.2 Å². The number of carbonyl (C=O) groups excluding carboxylic acids is 2. The molecule has 5 nitrogen and oxygen atoms in total. The first-order valence-corrected chi connectivity index (χ1v) is 9.00. The second-order valence-corrected chi connectivity index (χ2v) is 6.58. The van der Waals surface area contributed by atoms with Crippen LogP contribution < -0.4 is 4.90 Å². The van der Waals surface area contributed by atoms with Crippen molar-refractivity contribution in [2.45, 2.75) is 13.5 Å². The van der Waals surface area contributed by atoms with E-state index in [0.717, 1.165) is 24.3 Å². The molecular weight excluding hydrogens is 326 g/mol. The van der Waals surface area contributed by atoms with Crippen molar-refractivity contribution in [1.82, 2.24) is 9.80 Å². The average Bonchev–Trinajstić information content (AvgIpc) is 2.68. The van der Waals surface area contributed by atoms with E-state index in [2.05, 4.69) is 4.90 Å². The summed E-state index contributed by atoms with van der Waals surface area (Å²) in [7, 11) is 0. The molecule has 26 heavy (non-hydrogen) atoms. The topological polar surface area (TPSA) is 43.9 Å². The van der Waals surface area contributed by atoms with Gasteiger partial charge >= 0.3 is 0 Å². The molecule has 1 heterocycles. The van der Waals surface area contributed by atoms with Crippen LogP contribution in [-0.2, 0) is 16.1 Å². The Hall–Kier alpha value is -2.66. The quantitative estimate of drug-likeness (QED) is 0.831. The Morgan fingerprint density at radius 3 is 2.04 bits per heavy atom. The zero-order chi connectivity index (χ0) is 18.4. The summed E-state index contributed by atoms with van der Waals surface area (Å²) >= 11 is 0. The van der Waals surface area contributed by atoms with Crippen LogP contribution in [0.2, 0.25) is 0 Å². The molecule has 1 aliphatic heterocycles. The highest BCUT2D eigenvalue weighted by molar-refractivity contribution is 5.94. The van der Waals surface area contributed by atoms with E-state index in [1.807, 2.05) is 70.5 Å². The van der Waals surface area contributed by atoms with Gasteiger partial charge in [-0.15, -0.1) is 0 Å². The number of nitrogens with zero attached hydrogens (tertiary/aromatic N) is 3. The largest absolute Gasteiger partial charge is 0.340 e. The monoisotopic (exact) mass is 351 g/mol. The Bertz CT molecular complexity index is 725. The molecule has 0 N–H and O–H groups in total. The van der Waals surface area contributed by atoms with Crippen molar-refractivity contribution in [3.63, 3.8) is 0 Å². The van der Waals surface area contributed by atoms with Crippen molar-refractivity contribution < 1.29 is 9.59 Å². The van der Waals surface area contributed by atoms with Crippen LogP contribution in [0, 0.1) is 0 Å². The van der Waals surface area contributed by atoms with Gasteiger partial charge in [-0.2, -0.15) is 0 Å². The number of para-hydroxylation sites is 1. The van der Waals surface area contributed by atoms with Gasteiger partial charge in [0.05, 0.1) is 13.1 Å². The molecule has 0 atom stereocenters. The Kier molecular flexibility index (Phi) is 6.02. The molecular formula is C21H25N3O2. The van der Waals surface area contributed by atoms with Crippen LogP contribution in [0.3, 0.4) is 0 Å². The van der Waals surface area contributed by atoms with Crippen molar-refractivity contribution in [1.29, 1.82) is 0 Å². The Morgan fingerprint density at radius 2 is 1.46 bits per heavy atom. The standard InChI is InChI=1S/C21H25N3O2/c1-18(25)23-14-12-22(13-15-23)17-21(26)24(20-10-6-3-7-11-20)16-19-8-4-2-5-9-19/h2-11H,12-17H2,1H3. The lowest BCUT2D eigenvalue weighted by Crippen LogP contribution is -2.51. The minimum absolute atomic E-state index is 0.0799. The fourth-order valence-electron chi connectivity index (χ4n) is 3.19. The second-order valence-electron chi connectivity index (χ2n) is 6.58. The molecule has 0 spiro atoms. The molecule has 1 aliphatic rings. The number of anilines is 1. The molecule has 1 saturated heterocycles. The van der Waals surface area contributed by atoms with Crippen LogP contribution in [0.5, 0.6) is 0 Å². The summed E-state index contributed by atoms with van der Waals surface area (Å²) in [6, 6.07) is 19.8. The fourth-order valence-corrected chi connectivity index (χ4v) is 3.19. The molecule has 1 fully saturated rings. The van der Waals surface area contributed by atoms with Crippen molar-refractivity contribution >= 4 is 17.5 Å². The van der Waals surface area contributed by atoms with Gasteiger partial charge in [0.25, 0.3) is 0 Å². The third kappa shape index (κ3) is 4.70. The highest BCUT2D eigenvalue weighted by Crippen LogP contribution is 2.18. The molecule has 0 bridgehead atoms. The predicted octanol–water partition coefficient (Wildman–Crippen LogP) is 2.38. The number of rotatable bonds is 5. The van der Waals surface area contributed by atoms with Crippen LogP contribution in [0.1, 0.15) is 12.5 Å². The van der Waals surface area contributed by atoms with Gasteiger partial charge in [-0.25, -0.2) is 0 Å². The second kappa shape index (κ2) is 8.63. The van der Waals surface area contributed by atoms with E-state index in [1.54, 1.807) is 6.92 Å². The van der Waals surface area contributed by atoms with Crippen molar-refractivity contribution in [2.24, 2.45) is 0 Å². The molecule has 2 aromatic carbocycles. The number of benzene rings is 2. The van der Waals surface area contributed by atoms with E-state index in [4.69, 9.17) is 0 Å². The smallest absolute Gasteiger partial charge is 0.241 e. The molecule has 2 amide bonds. The van der Waals surface area contributed by atoms with E-state index in [-0.39, 0.29) is 11.8 Å². The summed E-state index contributed by atoms with van der Waals surface area (Å²) < 4.78 is 0. The van der Waals surface area contributed by atoms with E-state index >= 15 is 0 Å². The van der Waals surface area contributed by atoms with Crippen molar-refractivity contribution in [3.8, 4) is 0 Å². The van der Waals surface area contributed by atoms with E-state index in [1.165, 1.54) is 0 Å². The van der Waals surface area contributed by atoms with Gasteiger partial charge in [-0.1, -0.05) is 48.5 Å². The van der Waals surface area contributed by atoms with Gasteiger partial charge in [0, 0.05) is 38.8 Å². The summed E-state index contributed by atoms with van der Waals surface area (Å²) in [5, 5.41) is 0. The Morgan fingerprint density at radius 1 is 0.885 bits per heavy atom. The lowest BCUT2D eigenvalue weighted by atomic mass is 10.2. The van der Waals surface area contributed by atoms with Gasteiger partial charge in [0.1, 0.15) is 0 Å². The normalized spacial score (nSPS) is 14.9. The summed E-state index contributed by atoms with van der Waals surface area (Å²) in [5.41, 5.74) is 2.01. The van der Waals surface area contributed by atoms with Gasteiger partial charge < -0.3 is 9.80 Å². The van der Waals surface area contributed by atoms with Crippen LogP contribution in [-0.4, -0.2) is 54.3 Å². The molecule has 136 valence electrons. The average molecular weight is 351 g/mol. The van der Waals surface area contributed by atoms with E-state index in [9.17, 15) is 9.59 Å². The summed E-state index contributed by atoms with van der Waals surface area (Å²) in [5.74, 6) is 0.183. The first-order valence-electron chi connectivity index (χ1n) is 9.00. The number of hydrogen-bond donors (Lipinski definition) is 0.